The first-order valence-corrected chi connectivity index (χ1v) is 27.3. The van der Waals surface area contributed by atoms with Gasteiger partial charge in [0, 0.05) is 19.3 Å². The monoisotopic (exact) mass is 895 g/mol. The summed E-state index contributed by atoms with van der Waals surface area (Å²) in [5.41, 5.74) is 0. The number of carbonyl (C=O) groups excluding carboxylic acids is 3. The average Bonchev–Trinajstić information content (AvgIpc) is 3.29. The molecule has 1 unspecified atom stereocenters. The molecule has 0 spiro atoms. The number of ether oxygens (including phenoxy) is 3. The first kappa shape index (κ1) is 61.1. The molecule has 0 radical (unpaired) electrons. The van der Waals surface area contributed by atoms with Gasteiger partial charge in [-0.1, -0.05) is 210 Å². The van der Waals surface area contributed by atoms with Gasteiger partial charge < -0.3 is 14.2 Å². The molecule has 0 aromatic rings. The largest absolute Gasteiger partial charge is 0.462 e. The topological polar surface area (TPSA) is 78.9 Å². The molecule has 0 aromatic carbocycles. The van der Waals surface area contributed by atoms with Crippen molar-refractivity contribution >= 4 is 17.9 Å². The van der Waals surface area contributed by atoms with E-state index in [1.165, 1.54) is 154 Å². The lowest BCUT2D eigenvalue weighted by Gasteiger charge is -2.18. The fourth-order valence-corrected chi connectivity index (χ4v) is 7.62. The molecule has 0 amide bonds. The Bertz CT molecular complexity index is 1170. The van der Waals surface area contributed by atoms with Gasteiger partial charge in [0.25, 0.3) is 0 Å². The van der Waals surface area contributed by atoms with Crippen LogP contribution in [0.25, 0.3) is 0 Å². The van der Waals surface area contributed by atoms with Gasteiger partial charge in [0.2, 0.25) is 0 Å². The van der Waals surface area contributed by atoms with Crippen LogP contribution >= 0.6 is 0 Å². The maximum absolute atomic E-state index is 12.8. The zero-order valence-electron chi connectivity index (χ0n) is 42.3. The highest BCUT2D eigenvalue weighted by atomic mass is 16.6. The summed E-state index contributed by atoms with van der Waals surface area (Å²) in [5, 5.41) is 0. The minimum atomic E-state index is -0.792. The molecule has 370 valence electrons. The summed E-state index contributed by atoms with van der Waals surface area (Å²) in [7, 11) is 0. The van der Waals surface area contributed by atoms with Gasteiger partial charge in [-0.2, -0.15) is 0 Å². The molecule has 0 N–H and O–H groups in total. The van der Waals surface area contributed by atoms with Crippen LogP contribution in [0, 0.1) is 0 Å². The number of hydrogen-bond acceptors (Lipinski definition) is 6. The van der Waals surface area contributed by atoms with Crippen molar-refractivity contribution in [3.8, 4) is 0 Å². The molecular formula is C58H102O6. The Balaban J connectivity index is 4.37. The summed E-state index contributed by atoms with van der Waals surface area (Å²) in [5.74, 6) is -0.933. The minimum Gasteiger partial charge on any atom is -0.462 e. The van der Waals surface area contributed by atoms with E-state index in [1.807, 2.05) is 0 Å². The lowest BCUT2D eigenvalue weighted by atomic mass is 10.1. The summed E-state index contributed by atoms with van der Waals surface area (Å²) >= 11 is 0. The van der Waals surface area contributed by atoms with E-state index in [0.717, 1.165) is 77.0 Å². The highest BCUT2D eigenvalue weighted by Gasteiger charge is 2.19. The molecule has 0 saturated heterocycles. The Morgan fingerprint density at radius 2 is 0.609 bits per heavy atom. The molecule has 0 aliphatic carbocycles. The van der Waals surface area contributed by atoms with Gasteiger partial charge >= 0.3 is 17.9 Å². The van der Waals surface area contributed by atoms with Crippen molar-refractivity contribution in [2.24, 2.45) is 0 Å². The van der Waals surface area contributed by atoms with Crippen LogP contribution in [0.5, 0.6) is 0 Å². The molecule has 0 bridgehead atoms. The quantitative estimate of drug-likeness (QED) is 0.0262. The van der Waals surface area contributed by atoms with Gasteiger partial charge in [-0.3, -0.25) is 14.4 Å². The number of hydrogen-bond donors (Lipinski definition) is 0. The molecule has 6 heteroatoms. The molecule has 6 nitrogen and oxygen atoms in total. The fraction of sp³-hybridized carbons (Fsp3) is 0.776. The summed E-state index contributed by atoms with van der Waals surface area (Å²) in [6.07, 6.45) is 65.0. The zero-order chi connectivity index (χ0) is 46.5. The SMILES string of the molecule is CC/C=C\C/C=C\C/C=C\CCCCC(=O)OCC(COC(=O)CCCCCCCCC/C=C\CCCCCCCCCC)OC(=O)CCCCCCCCC/C=C\CCCCCC. The van der Waals surface area contributed by atoms with E-state index in [1.54, 1.807) is 0 Å². The van der Waals surface area contributed by atoms with Crippen LogP contribution in [-0.4, -0.2) is 37.2 Å². The third-order valence-corrected chi connectivity index (χ3v) is 11.7. The van der Waals surface area contributed by atoms with Crippen molar-refractivity contribution in [2.45, 2.75) is 277 Å². The highest BCUT2D eigenvalue weighted by Crippen LogP contribution is 2.15. The molecule has 64 heavy (non-hydrogen) atoms. The summed E-state index contributed by atoms with van der Waals surface area (Å²) < 4.78 is 16.8. The molecular weight excluding hydrogens is 793 g/mol. The minimum absolute atomic E-state index is 0.0897. The maximum Gasteiger partial charge on any atom is 0.306 e. The average molecular weight is 895 g/mol. The van der Waals surface area contributed by atoms with E-state index in [9.17, 15) is 14.4 Å². The third-order valence-electron chi connectivity index (χ3n) is 11.7. The van der Waals surface area contributed by atoms with Crippen molar-refractivity contribution in [2.75, 3.05) is 13.2 Å². The van der Waals surface area contributed by atoms with Crippen LogP contribution in [0.4, 0.5) is 0 Å². The molecule has 0 aliphatic heterocycles. The van der Waals surface area contributed by atoms with Gasteiger partial charge in [0.1, 0.15) is 13.2 Å². The van der Waals surface area contributed by atoms with Crippen LogP contribution in [0.2, 0.25) is 0 Å². The molecule has 0 rings (SSSR count). The van der Waals surface area contributed by atoms with Crippen molar-refractivity contribution < 1.29 is 28.6 Å². The smallest absolute Gasteiger partial charge is 0.306 e. The number of unbranched alkanes of at least 4 members (excludes halogenated alkanes) is 28. The number of carbonyl (C=O) groups is 3. The predicted octanol–water partition coefficient (Wildman–Crippen LogP) is 18.0. The Kier molecular flexibility index (Phi) is 50.4. The Hall–Kier alpha value is -2.89. The molecule has 1 atom stereocenters. The number of esters is 3. The Labute approximate surface area is 396 Å². The van der Waals surface area contributed by atoms with Gasteiger partial charge in [-0.15, -0.1) is 0 Å². The normalized spacial score (nSPS) is 12.5. The third kappa shape index (κ3) is 50.1. The Morgan fingerprint density at radius 3 is 1.02 bits per heavy atom. The Morgan fingerprint density at radius 1 is 0.328 bits per heavy atom. The van der Waals surface area contributed by atoms with Gasteiger partial charge in [0.05, 0.1) is 0 Å². The maximum atomic E-state index is 12.8. The zero-order valence-corrected chi connectivity index (χ0v) is 42.3. The van der Waals surface area contributed by atoms with Crippen LogP contribution in [0.1, 0.15) is 271 Å². The van der Waals surface area contributed by atoms with Crippen molar-refractivity contribution in [3.63, 3.8) is 0 Å². The van der Waals surface area contributed by atoms with Crippen molar-refractivity contribution in [1.29, 1.82) is 0 Å². The summed E-state index contributed by atoms with van der Waals surface area (Å²) in [6.45, 7) is 6.48. The predicted molar refractivity (Wildman–Crippen MR) is 275 cm³/mol. The first-order chi connectivity index (χ1) is 31.5. The molecule has 0 saturated carbocycles. The van der Waals surface area contributed by atoms with Crippen molar-refractivity contribution in [1.82, 2.24) is 0 Å². The van der Waals surface area contributed by atoms with Crippen LogP contribution in [0.15, 0.2) is 60.8 Å². The molecule has 0 heterocycles. The van der Waals surface area contributed by atoms with E-state index in [0.29, 0.717) is 19.3 Å². The standard InChI is InChI=1S/C58H102O6/c1-4-7-10-13-16-19-22-25-27-28-29-30-32-33-36-39-42-45-48-51-57(60)63-54-55(53-62-56(59)50-47-44-41-38-35-24-21-18-15-12-9-6-3)64-58(61)52-49-46-43-40-37-34-31-26-23-20-17-14-11-8-5-2/h9,12,18,20-21,23,28-29,35,38,55H,4-8,10-11,13-17,19,22,24-27,30-34,36-37,39-54H2,1-3H3/b12-9-,21-18-,23-20-,29-28-,38-35-. The van der Waals surface area contributed by atoms with E-state index in [-0.39, 0.29) is 31.1 Å². The van der Waals surface area contributed by atoms with Crippen molar-refractivity contribution in [3.05, 3.63) is 60.8 Å². The second-order valence-electron chi connectivity index (χ2n) is 18.1. The fourth-order valence-electron chi connectivity index (χ4n) is 7.62. The second kappa shape index (κ2) is 52.7. The van der Waals surface area contributed by atoms with Crippen LogP contribution < -0.4 is 0 Å². The van der Waals surface area contributed by atoms with E-state index in [4.69, 9.17) is 14.2 Å². The summed E-state index contributed by atoms with van der Waals surface area (Å²) in [6, 6.07) is 0. The van der Waals surface area contributed by atoms with E-state index < -0.39 is 6.10 Å². The molecule has 0 aliphatic rings. The van der Waals surface area contributed by atoms with E-state index in [2.05, 4.69) is 81.5 Å². The number of rotatable bonds is 49. The van der Waals surface area contributed by atoms with E-state index >= 15 is 0 Å². The lowest BCUT2D eigenvalue weighted by Crippen LogP contribution is -2.30. The van der Waals surface area contributed by atoms with Gasteiger partial charge in [-0.25, -0.2) is 0 Å². The van der Waals surface area contributed by atoms with Gasteiger partial charge in [0.15, 0.2) is 6.10 Å². The molecule has 0 aromatic heterocycles. The lowest BCUT2D eigenvalue weighted by molar-refractivity contribution is -0.167. The van der Waals surface area contributed by atoms with Crippen LogP contribution in [0.3, 0.4) is 0 Å². The second-order valence-corrected chi connectivity index (χ2v) is 18.1. The molecule has 0 fully saturated rings. The number of allylic oxidation sites excluding steroid dienone is 10. The van der Waals surface area contributed by atoms with Crippen LogP contribution in [-0.2, 0) is 28.6 Å². The van der Waals surface area contributed by atoms with Gasteiger partial charge in [-0.05, 0) is 103 Å². The highest BCUT2D eigenvalue weighted by molar-refractivity contribution is 5.71. The summed E-state index contributed by atoms with van der Waals surface area (Å²) in [4.78, 5) is 38.0. The first-order valence-electron chi connectivity index (χ1n) is 27.3.